The highest BCUT2D eigenvalue weighted by Crippen LogP contribution is 2.40. The van der Waals surface area contributed by atoms with Gasteiger partial charge in [-0.1, -0.05) is 53.7 Å². The van der Waals surface area contributed by atoms with Gasteiger partial charge in [-0.05, 0) is 87.1 Å². The molecule has 12 heteroatoms. The van der Waals surface area contributed by atoms with Crippen LogP contribution in [0.2, 0.25) is 0 Å². The van der Waals surface area contributed by atoms with Gasteiger partial charge < -0.3 is 14.6 Å². The average Bonchev–Trinajstić information content (AvgIpc) is 3.72. The largest absolute Gasteiger partial charge is 0.488 e. The van der Waals surface area contributed by atoms with Gasteiger partial charge in [-0.15, -0.1) is 5.10 Å². The van der Waals surface area contributed by atoms with Crippen LogP contribution in [0.1, 0.15) is 78.3 Å². The molecule has 1 N–H and O–H groups in total. The third-order valence-electron chi connectivity index (χ3n) is 9.10. The lowest BCUT2D eigenvalue weighted by molar-refractivity contribution is 0.0896. The van der Waals surface area contributed by atoms with E-state index in [-0.39, 0.29) is 41.6 Å². The number of carbonyl (C=O) groups is 1. The molecule has 0 spiro atoms. The van der Waals surface area contributed by atoms with Crippen molar-refractivity contribution in [2.45, 2.75) is 83.5 Å². The molecule has 5 aromatic rings. The van der Waals surface area contributed by atoms with Crippen LogP contribution in [0.15, 0.2) is 76.3 Å². The number of rotatable bonds is 9. The topological polar surface area (TPSA) is 132 Å². The minimum absolute atomic E-state index is 0.164. The van der Waals surface area contributed by atoms with Crippen LogP contribution in [0, 0.1) is 13.8 Å². The van der Waals surface area contributed by atoms with E-state index in [1.165, 1.54) is 16.6 Å². The highest BCUT2D eigenvalue weighted by Gasteiger charge is 2.38. The molecule has 47 heavy (non-hydrogen) atoms. The van der Waals surface area contributed by atoms with Crippen LogP contribution in [0.3, 0.4) is 0 Å². The van der Waals surface area contributed by atoms with Crippen molar-refractivity contribution < 1.29 is 22.5 Å². The molecule has 0 radical (unpaired) electrons. The lowest BCUT2D eigenvalue weighted by Gasteiger charge is -2.37. The second-order valence-corrected chi connectivity index (χ2v) is 14.5. The number of nitrogens with one attached hydrogen (secondary N) is 1. The molecule has 11 nitrogen and oxygen atoms in total. The number of benzene rings is 3. The summed E-state index contributed by atoms with van der Waals surface area (Å²) < 4.78 is 42.5. The van der Waals surface area contributed by atoms with Crippen molar-refractivity contribution in [2.24, 2.45) is 0 Å². The summed E-state index contributed by atoms with van der Waals surface area (Å²) in [7, 11) is -3.85. The predicted molar refractivity (Wildman–Crippen MR) is 178 cm³/mol. The maximum absolute atomic E-state index is 14.0. The first-order valence-electron chi connectivity index (χ1n) is 15.9. The minimum atomic E-state index is -3.85. The van der Waals surface area contributed by atoms with Crippen molar-refractivity contribution in [1.82, 2.24) is 29.8 Å². The van der Waals surface area contributed by atoms with Gasteiger partial charge in [0.1, 0.15) is 28.5 Å². The zero-order chi connectivity index (χ0) is 33.5. The van der Waals surface area contributed by atoms with Gasteiger partial charge in [0.2, 0.25) is 10.0 Å². The molecule has 0 saturated heterocycles. The Balaban J connectivity index is 1.45. The van der Waals surface area contributed by atoms with E-state index in [4.69, 9.17) is 9.26 Å². The van der Waals surface area contributed by atoms with Gasteiger partial charge in [-0.25, -0.2) is 13.1 Å². The number of para-hydroxylation sites is 1. The van der Waals surface area contributed by atoms with Crippen LogP contribution >= 0.6 is 0 Å². The molecule has 2 aromatic heterocycles. The summed E-state index contributed by atoms with van der Waals surface area (Å²) in [4.78, 5) is 13.5. The molecular weight excluding hydrogens is 616 g/mol. The van der Waals surface area contributed by atoms with E-state index < -0.39 is 15.6 Å². The number of carbonyl (C=O) groups excluding carboxylic acids is 1. The molecule has 1 aliphatic rings. The Bertz CT molecular complexity index is 2040. The van der Waals surface area contributed by atoms with Crippen molar-refractivity contribution in [3.05, 3.63) is 100 Å². The fourth-order valence-electron chi connectivity index (χ4n) is 6.51. The predicted octanol–water partition coefficient (Wildman–Crippen LogP) is 5.76. The van der Waals surface area contributed by atoms with Crippen LogP contribution in [0.4, 0.5) is 0 Å². The van der Waals surface area contributed by atoms with Crippen molar-refractivity contribution in [3.8, 4) is 5.75 Å². The monoisotopic (exact) mass is 656 g/mol. The summed E-state index contributed by atoms with van der Waals surface area (Å²) in [5, 5.41) is 15.9. The van der Waals surface area contributed by atoms with Crippen LogP contribution in [0.5, 0.6) is 5.75 Å². The standard InChI is InChI=1S/C35H40N6O5S/c1-7-26-21-40(47(43,44)31-12-10-9-11-30(31)46-26)20-25-19-24(14-13-22(25)3)32(35(5,6)36-34(42)28-17-18-45-38-28)27-15-16-29-33(23(27)4)37-39-41(29)8-2/h9-19,26,32H,7-8,20-21H2,1-6H3,(H,36,42)/t26-,32+/m1/s1. The second-order valence-electron chi connectivity index (χ2n) is 12.6. The first-order chi connectivity index (χ1) is 22.4. The molecule has 3 heterocycles. The molecule has 0 bridgehead atoms. The third-order valence-corrected chi connectivity index (χ3v) is 10.9. The minimum Gasteiger partial charge on any atom is -0.488 e. The fourth-order valence-corrected chi connectivity index (χ4v) is 8.08. The molecule has 0 fully saturated rings. The summed E-state index contributed by atoms with van der Waals surface area (Å²) in [6, 6.07) is 18.6. The number of hydrogen-bond donors (Lipinski definition) is 1. The Morgan fingerprint density at radius 2 is 1.87 bits per heavy atom. The number of aromatic nitrogens is 4. The first kappa shape index (κ1) is 32.4. The number of nitrogens with zero attached hydrogens (tertiary/aromatic N) is 5. The number of amides is 1. The van der Waals surface area contributed by atoms with Crippen LogP contribution in [0.25, 0.3) is 11.0 Å². The molecule has 6 rings (SSSR count). The van der Waals surface area contributed by atoms with Gasteiger partial charge in [0.15, 0.2) is 5.69 Å². The SMILES string of the molecule is CC[C@@H]1CN(Cc2cc([C@@H](c3ccc4c(nnn4CC)c3C)C(C)(C)NC(=O)c3ccon3)ccc2C)S(=O)(=O)c2ccccc2O1. The van der Waals surface area contributed by atoms with E-state index >= 15 is 0 Å². The Hall–Kier alpha value is -4.55. The molecule has 1 aliphatic heterocycles. The first-order valence-corrected chi connectivity index (χ1v) is 17.3. The maximum Gasteiger partial charge on any atom is 0.273 e. The molecule has 1 amide bonds. The molecule has 0 aliphatic carbocycles. The fraction of sp³-hybridized carbons (Fsp3) is 0.371. The van der Waals surface area contributed by atoms with Crippen LogP contribution in [-0.2, 0) is 23.1 Å². The summed E-state index contributed by atoms with van der Waals surface area (Å²) in [6.07, 6.45) is 1.73. The maximum atomic E-state index is 14.0. The summed E-state index contributed by atoms with van der Waals surface area (Å²) >= 11 is 0. The average molecular weight is 657 g/mol. The Morgan fingerprint density at radius 1 is 1.09 bits per heavy atom. The van der Waals surface area contributed by atoms with Gasteiger partial charge in [-0.3, -0.25) is 4.79 Å². The molecule has 0 saturated carbocycles. The molecular formula is C35H40N6O5S. The molecule has 0 unspecified atom stereocenters. The van der Waals surface area contributed by atoms with Crippen molar-refractivity contribution in [1.29, 1.82) is 0 Å². The van der Waals surface area contributed by atoms with Crippen molar-refractivity contribution in [3.63, 3.8) is 0 Å². The lowest BCUT2D eigenvalue weighted by Crippen LogP contribution is -2.48. The van der Waals surface area contributed by atoms with Gasteiger partial charge in [-0.2, -0.15) is 4.31 Å². The number of aryl methyl sites for hydroxylation is 3. The lowest BCUT2D eigenvalue weighted by atomic mass is 9.74. The van der Waals surface area contributed by atoms with E-state index in [1.54, 1.807) is 24.3 Å². The van der Waals surface area contributed by atoms with E-state index in [2.05, 4.69) is 32.9 Å². The van der Waals surface area contributed by atoms with E-state index in [9.17, 15) is 13.2 Å². The van der Waals surface area contributed by atoms with Gasteiger partial charge in [0.25, 0.3) is 5.91 Å². The van der Waals surface area contributed by atoms with Crippen molar-refractivity contribution >= 4 is 27.0 Å². The zero-order valence-corrected chi connectivity index (χ0v) is 28.3. The Kier molecular flexibility index (Phi) is 8.66. The van der Waals surface area contributed by atoms with Crippen LogP contribution in [-0.4, -0.2) is 57.0 Å². The number of hydrogen-bond acceptors (Lipinski definition) is 8. The summed E-state index contributed by atoms with van der Waals surface area (Å²) in [5.74, 6) is -0.346. The summed E-state index contributed by atoms with van der Waals surface area (Å²) in [6.45, 7) is 13.0. The Labute approximate surface area is 274 Å². The highest BCUT2D eigenvalue weighted by atomic mass is 32.2. The van der Waals surface area contributed by atoms with Gasteiger partial charge >= 0.3 is 0 Å². The van der Waals surface area contributed by atoms with Gasteiger partial charge in [0.05, 0.1) is 12.1 Å². The van der Waals surface area contributed by atoms with E-state index in [0.29, 0.717) is 18.7 Å². The number of ether oxygens (including phenoxy) is 1. The van der Waals surface area contributed by atoms with E-state index in [0.717, 1.165) is 38.9 Å². The molecule has 3 aromatic carbocycles. The smallest absolute Gasteiger partial charge is 0.273 e. The molecule has 246 valence electrons. The summed E-state index contributed by atoms with van der Waals surface area (Å²) in [5.41, 5.74) is 5.72. The number of fused-ring (bicyclic) bond motifs is 2. The zero-order valence-electron chi connectivity index (χ0n) is 27.5. The Morgan fingerprint density at radius 3 is 2.60 bits per heavy atom. The van der Waals surface area contributed by atoms with Crippen molar-refractivity contribution in [2.75, 3.05) is 6.54 Å². The highest BCUT2D eigenvalue weighted by molar-refractivity contribution is 7.89. The van der Waals surface area contributed by atoms with E-state index in [1.807, 2.05) is 64.4 Å². The quantitative estimate of drug-likeness (QED) is 0.212. The third kappa shape index (κ3) is 6.03. The van der Waals surface area contributed by atoms with Crippen LogP contribution < -0.4 is 10.1 Å². The normalized spacial score (nSPS) is 17.1. The number of sulfonamides is 1. The molecule has 2 atom stereocenters. The second kappa shape index (κ2) is 12.6. The van der Waals surface area contributed by atoms with Gasteiger partial charge in [0, 0.05) is 30.6 Å².